The van der Waals surface area contributed by atoms with Crippen LogP contribution in [0.25, 0.3) is 0 Å². The van der Waals surface area contributed by atoms with Crippen molar-refractivity contribution >= 4 is 39.5 Å². The minimum Gasteiger partial charge on any atom is -0.433 e. The molecule has 0 spiro atoms. The molecule has 2 aromatic rings. The van der Waals surface area contributed by atoms with Gasteiger partial charge in [-0.2, -0.15) is 8.78 Å². The molecule has 3 heterocycles. The summed E-state index contributed by atoms with van der Waals surface area (Å²) in [5.74, 6) is -1.40. The van der Waals surface area contributed by atoms with Crippen LogP contribution in [-0.4, -0.2) is 44.4 Å². The minimum absolute atomic E-state index is 0.160. The van der Waals surface area contributed by atoms with E-state index < -0.39 is 44.4 Å². The van der Waals surface area contributed by atoms with Crippen molar-refractivity contribution in [3.05, 3.63) is 52.6 Å². The molecule has 3 atom stereocenters. The molecule has 1 fully saturated rings. The average Bonchev–Trinajstić information content (AvgIpc) is 3.18. The Labute approximate surface area is 206 Å². The summed E-state index contributed by atoms with van der Waals surface area (Å²) in [7, 11) is -2.50. The number of alkyl halides is 2. The Balaban J connectivity index is 1.67. The number of anilines is 1. The molecule has 0 aliphatic carbocycles. The molecule has 2 aliphatic heterocycles. The Hall–Kier alpha value is -2.54. The standard InChI is InChI=1S/C22H25ClF3N5O3S/c1-21(2)19(27)31-22(3,16-6-7-29-35(16,21)33)13-8-11(4-5-15(13)24)30-18(32)17-14(23)9-12(10-28-17)34-20(25)26/h4-5,8-10,16,20,29,33H,6-7H2,1-3H3,(H2,27,31)(H,30,32)/t16-,22+/m0/s1. The predicted octanol–water partition coefficient (Wildman–Crippen LogP) is 4.65. The minimum atomic E-state index is -3.07. The van der Waals surface area contributed by atoms with Crippen molar-refractivity contribution in [1.29, 1.82) is 0 Å². The van der Waals surface area contributed by atoms with Gasteiger partial charge in [0.05, 0.1) is 21.2 Å². The van der Waals surface area contributed by atoms with Crippen molar-refractivity contribution in [3.8, 4) is 5.75 Å². The smallest absolute Gasteiger partial charge is 0.387 e. The van der Waals surface area contributed by atoms with Crippen LogP contribution in [0.4, 0.5) is 18.9 Å². The second-order valence-corrected chi connectivity index (χ2v) is 12.5. The summed E-state index contributed by atoms with van der Waals surface area (Å²) in [5.41, 5.74) is 5.23. The van der Waals surface area contributed by atoms with Gasteiger partial charge in [0.1, 0.15) is 28.6 Å². The van der Waals surface area contributed by atoms with E-state index in [1.54, 1.807) is 6.92 Å². The highest BCUT2D eigenvalue weighted by Gasteiger charge is 2.60. The number of hydrogen-bond acceptors (Lipinski definition) is 7. The van der Waals surface area contributed by atoms with E-state index in [1.165, 1.54) is 18.2 Å². The molecule has 8 nitrogen and oxygen atoms in total. The van der Waals surface area contributed by atoms with E-state index in [4.69, 9.17) is 17.3 Å². The van der Waals surface area contributed by atoms with Crippen molar-refractivity contribution in [2.24, 2.45) is 10.7 Å². The van der Waals surface area contributed by atoms with Gasteiger partial charge in [-0.05, 0) is 45.4 Å². The second kappa shape index (κ2) is 8.84. The lowest BCUT2D eigenvalue weighted by Gasteiger charge is -2.56. The van der Waals surface area contributed by atoms with E-state index in [9.17, 15) is 18.1 Å². The molecule has 190 valence electrons. The molecule has 1 aromatic carbocycles. The third-order valence-electron chi connectivity index (χ3n) is 6.54. The quantitative estimate of drug-likeness (QED) is 0.445. The highest BCUT2D eigenvalue weighted by atomic mass is 35.5. The molecule has 13 heteroatoms. The topological polar surface area (TPSA) is 122 Å². The fourth-order valence-corrected chi connectivity index (χ4v) is 8.16. The van der Waals surface area contributed by atoms with Crippen molar-refractivity contribution in [2.75, 3.05) is 11.9 Å². The highest BCUT2D eigenvalue weighted by molar-refractivity contribution is 8.29. The summed E-state index contributed by atoms with van der Waals surface area (Å²) in [6.45, 7) is 2.81. The Kier molecular flexibility index (Phi) is 6.45. The normalized spacial score (nSPS) is 29.2. The number of aliphatic imine (C=N–C) groups is 1. The number of hydrogen-bond donors (Lipinski definition) is 4. The maximum Gasteiger partial charge on any atom is 0.387 e. The number of carbonyl (C=O) groups is 1. The molecule has 0 bridgehead atoms. The van der Waals surface area contributed by atoms with E-state index in [0.717, 1.165) is 12.3 Å². The number of nitrogens with one attached hydrogen (secondary N) is 2. The Morgan fingerprint density at radius 1 is 1.37 bits per heavy atom. The Morgan fingerprint density at radius 2 is 2.09 bits per heavy atom. The fourth-order valence-electron chi connectivity index (χ4n) is 4.55. The fraction of sp³-hybridized carbons (Fsp3) is 0.409. The van der Waals surface area contributed by atoms with Gasteiger partial charge in [0.2, 0.25) is 0 Å². The number of carbonyl (C=O) groups excluding carboxylic acids is 1. The summed E-state index contributed by atoms with van der Waals surface area (Å²) < 4.78 is 58.1. The highest BCUT2D eigenvalue weighted by Crippen LogP contribution is 2.67. The molecule has 1 aromatic heterocycles. The predicted molar refractivity (Wildman–Crippen MR) is 130 cm³/mol. The molecular weight excluding hydrogens is 507 g/mol. The molecule has 1 amide bonds. The van der Waals surface area contributed by atoms with E-state index in [0.29, 0.717) is 13.0 Å². The van der Waals surface area contributed by atoms with Crippen LogP contribution in [0, 0.1) is 5.82 Å². The van der Waals surface area contributed by atoms with E-state index in [-0.39, 0.29) is 33.6 Å². The number of amidine groups is 1. The Bertz CT molecular complexity index is 1220. The average molecular weight is 532 g/mol. The molecule has 35 heavy (non-hydrogen) atoms. The van der Waals surface area contributed by atoms with Crippen LogP contribution in [0.5, 0.6) is 5.75 Å². The number of nitrogens with two attached hydrogens (primary N) is 1. The van der Waals surface area contributed by atoms with Gasteiger partial charge in [0.25, 0.3) is 5.91 Å². The lowest BCUT2D eigenvalue weighted by atomic mass is 9.85. The molecule has 1 saturated heterocycles. The van der Waals surface area contributed by atoms with Crippen molar-refractivity contribution in [2.45, 2.75) is 49.3 Å². The number of pyridine rings is 1. The summed E-state index contributed by atoms with van der Waals surface area (Å²) in [4.78, 5) is 21.2. The molecule has 5 N–H and O–H groups in total. The van der Waals surface area contributed by atoms with Gasteiger partial charge < -0.3 is 20.3 Å². The maximum absolute atomic E-state index is 15.1. The summed E-state index contributed by atoms with van der Waals surface area (Å²) in [6, 6.07) is 5.02. The van der Waals surface area contributed by atoms with Gasteiger partial charge in [-0.15, -0.1) is 0 Å². The van der Waals surface area contributed by atoms with E-state index in [2.05, 4.69) is 24.8 Å². The lowest BCUT2D eigenvalue weighted by Crippen LogP contribution is -2.57. The second-order valence-electron chi connectivity index (χ2n) is 8.98. The molecule has 0 saturated carbocycles. The zero-order chi connectivity index (χ0) is 25.8. The zero-order valence-corrected chi connectivity index (χ0v) is 20.7. The van der Waals surface area contributed by atoms with E-state index >= 15 is 4.39 Å². The number of amides is 1. The first-order valence-electron chi connectivity index (χ1n) is 10.7. The third kappa shape index (κ3) is 4.22. The van der Waals surface area contributed by atoms with Crippen LogP contribution in [0.2, 0.25) is 5.02 Å². The SMILES string of the molecule is CC1(C)C(N)=N[C@](C)(c2cc(NC(=O)c3ncc(OC(F)F)cc3Cl)ccc2F)[C@@H]2CCNS21O. The van der Waals surface area contributed by atoms with Crippen LogP contribution in [0.15, 0.2) is 35.5 Å². The number of ether oxygens (including phenoxy) is 1. The number of rotatable bonds is 5. The number of fused-ring (bicyclic) bond motifs is 1. The van der Waals surface area contributed by atoms with E-state index in [1.807, 2.05) is 13.8 Å². The summed E-state index contributed by atoms with van der Waals surface area (Å²) in [6.07, 6.45) is 1.51. The first-order valence-corrected chi connectivity index (χ1v) is 12.7. The van der Waals surface area contributed by atoms with Gasteiger partial charge >= 0.3 is 6.61 Å². The zero-order valence-electron chi connectivity index (χ0n) is 19.1. The van der Waals surface area contributed by atoms with Gasteiger partial charge in [-0.3, -0.25) is 14.5 Å². The molecule has 2 aliphatic rings. The van der Waals surface area contributed by atoms with Gasteiger partial charge in [0, 0.05) is 23.9 Å². The molecule has 4 rings (SSSR count). The van der Waals surface area contributed by atoms with Crippen molar-refractivity contribution < 1.29 is 27.3 Å². The summed E-state index contributed by atoms with van der Waals surface area (Å²) in [5, 5.41) is 1.97. The van der Waals surface area contributed by atoms with Gasteiger partial charge in [-0.1, -0.05) is 22.1 Å². The van der Waals surface area contributed by atoms with Gasteiger partial charge in [0.15, 0.2) is 0 Å². The van der Waals surface area contributed by atoms with Crippen LogP contribution in [-0.2, 0) is 5.54 Å². The van der Waals surface area contributed by atoms with Crippen LogP contribution in [0.1, 0.15) is 43.2 Å². The third-order valence-corrected chi connectivity index (χ3v) is 10.8. The van der Waals surface area contributed by atoms with Crippen LogP contribution < -0.4 is 20.5 Å². The molecule has 1 unspecified atom stereocenters. The number of nitrogens with zero attached hydrogens (tertiary/aromatic N) is 2. The Morgan fingerprint density at radius 3 is 2.74 bits per heavy atom. The molecular formula is C22H25ClF3N5O3S. The first-order chi connectivity index (χ1) is 16.3. The number of aromatic nitrogens is 1. The van der Waals surface area contributed by atoms with Crippen molar-refractivity contribution in [3.63, 3.8) is 0 Å². The molecule has 0 radical (unpaired) electrons. The largest absolute Gasteiger partial charge is 0.433 e. The number of halogens is 4. The monoisotopic (exact) mass is 531 g/mol. The van der Waals surface area contributed by atoms with Crippen LogP contribution >= 0.6 is 22.1 Å². The van der Waals surface area contributed by atoms with Crippen LogP contribution in [0.3, 0.4) is 0 Å². The first kappa shape index (κ1) is 25.5. The maximum atomic E-state index is 15.1. The van der Waals surface area contributed by atoms with Crippen molar-refractivity contribution in [1.82, 2.24) is 9.71 Å². The number of benzene rings is 1. The summed E-state index contributed by atoms with van der Waals surface area (Å²) >= 11 is 6.02. The lowest BCUT2D eigenvalue weighted by molar-refractivity contribution is -0.0500. The van der Waals surface area contributed by atoms with Gasteiger partial charge in [-0.25, -0.2) is 9.37 Å².